The molecule has 0 fully saturated rings. The predicted octanol–water partition coefficient (Wildman–Crippen LogP) is -3.84. The average molecular weight is 414 g/mol. The van der Waals surface area contributed by atoms with Gasteiger partial charge >= 0.3 is 139 Å². The third-order valence-corrected chi connectivity index (χ3v) is 5.70. The molecule has 3 rings (SSSR count). The molecule has 0 radical (unpaired) electrons. The maximum absolute atomic E-state index is 2.36. The molecule has 0 N–H and O–H groups in total. The monoisotopic (exact) mass is 412 g/mol. The molecule has 0 amide bonds. The topological polar surface area (TPSA) is 0 Å². The summed E-state index contributed by atoms with van der Waals surface area (Å²) in [6, 6.07) is 21.7. The van der Waals surface area contributed by atoms with Crippen LogP contribution in [0.25, 0.3) is 0 Å². The van der Waals surface area contributed by atoms with Gasteiger partial charge in [0, 0.05) is 0 Å². The zero-order valence-electron chi connectivity index (χ0n) is 13.7. The van der Waals surface area contributed by atoms with Crippen molar-refractivity contribution < 1.29 is 57.7 Å². The summed E-state index contributed by atoms with van der Waals surface area (Å²) in [5.74, 6) is 0. The van der Waals surface area contributed by atoms with Gasteiger partial charge in [-0.15, -0.1) is 0 Å². The van der Waals surface area contributed by atoms with Crippen LogP contribution >= 0.6 is 0 Å². The number of rotatable bonds is 3. The van der Waals surface area contributed by atoms with E-state index in [9.17, 15) is 0 Å². The van der Waals surface area contributed by atoms with Crippen LogP contribution in [0.4, 0.5) is 0 Å². The molecule has 1 aliphatic rings. The second kappa shape index (κ2) is 9.85. The molecular weight excluding hydrogens is 394 g/mol. The molecular formula is C20H19Cl3Ti. The Hall–Kier alpha value is -0.496. The third-order valence-electron chi connectivity index (χ3n) is 4.61. The van der Waals surface area contributed by atoms with E-state index in [1.54, 1.807) is 0 Å². The molecule has 0 spiro atoms. The van der Waals surface area contributed by atoms with Crippen LogP contribution in [-0.2, 0) is 25.9 Å². The van der Waals surface area contributed by atoms with E-state index in [0.29, 0.717) is 0 Å². The molecule has 0 aromatic heterocycles. The van der Waals surface area contributed by atoms with Crippen LogP contribution in [0.1, 0.15) is 31.4 Å². The molecule has 4 heteroatoms. The first-order chi connectivity index (χ1) is 10.1. The van der Waals surface area contributed by atoms with E-state index < -0.39 is 0 Å². The largest absolute Gasteiger partial charge is 1.00 e. The normalized spacial score (nSPS) is 13.4. The van der Waals surface area contributed by atoms with Crippen LogP contribution in [0.5, 0.6) is 0 Å². The van der Waals surface area contributed by atoms with Gasteiger partial charge in [-0.2, -0.15) is 0 Å². The fourth-order valence-corrected chi connectivity index (χ4v) is 3.92. The van der Waals surface area contributed by atoms with Crippen molar-refractivity contribution in [3.63, 3.8) is 0 Å². The smallest absolute Gasteiger partial charge is 1.00 e. The summed E-state index contributed by atoms with van der Waals surface area (Å²) in [7, 11) is 0. The molecule has 0 saturated carbocycles. The Labute approximate surface area is 175 Å². The SMILES string of the molecule is CC1=CCC(C(C)(c2ccccc2)c2ccccc2)=[C]1[Ti+3].[Cl-].[Cl-].[Cl-]. The third kappa shape index (κ3) is 4.18. The Balaban J connectivity index is 0.00000176. The Morgan fingerprint density at radius 2 is 1.21 bits per heavy atom. The van der Waals surface area contributed by atoms with Gasteiger partial charge in [-0.05, 0) is 0 Å². The van der Waals surface area contributed by atoms with Crippen molar-refractivity contribution in [3.8, 4) is 0 Å². The minimum absolute atomic E-state index is 0. The van der Waals surface area contributed by atoms with Crippen molar-refractivity contribution in [1.29, 1.82) is 0 Å². The van der Waals surface area contributed by atoms with Crippen LogP contribution < -0.4 is 37.2 Å². The zero-order chi connectivity index (χ0) is 14.9. The van der Waals surface area contributed by atoms with Gasteiger partial charge in [-0.1, -0.05) is 0 Å². The Bertz CT molecular complexity index is 667. The molecule has 0 atom stereocenters. The first kappa shape index (κ1) is 23.5. The fraction of sp³-hybridized carbons (Fsp3) is 0.200. The molecule has 0 bridgehead atoms. The maximum Gasteiger partial charge on any atom is -1.00 e. The molecule has 0 saturated heterocycles. The second-order valence-electron chi connectivity index (χ2n) is 5.80. The molecule has 124 valence electrons. The number of benzene rings is 2. The first-order valence-electron chi connectivity index (χ1n) is 7.37. The number of hydrogen-bond donors (Lipinski definition) is 0. The quantitative estimate of drug-likeness (QED) is 0.452. The van der Waals surface area contributed by atoms with E-state index in [0.717, 1.165) is 6.42 Å². The summed E-state index contributed by atoms with van der Waals surface area (Å²) in [5, 5.41) is 0. The molecule has 0 aliphatic heterocycles. The van der Waals surface area contributed by atoms with Crippen molar-refractivity contribution in [3.05, 3.63) is 92.9 Å². The number of allylic oxidation sites excluding steroid dienone is 4. The van der Waals surface area contributed by atoms with Gasteiger partial charge in [0.05, 0.1) is 0 Å². The van der Waals surface area contributed by atoms with E-state index >= 15 is 0 Å². The minimum Gasteiger partial charge on any atom is -1.00 e. The molecule has 24 heavy (non-hydrogen) atoms. The minimum atomic E-state index is -0.0547. The molecule has 2 aromatic rings. The van der Waals surface area contributed by atoms with Gasteiger partial charge in [-0.3, -0.25) is 0 Å². The van der Waals surface area contributed by atoms with Gasteiger partial charge in [0.15, 0.2) is 0 Å². The van der Waals surface area contributed by atoms with Gasteiger partial charge in [0.25, 0.3) is 0 Å². The first-order valence-corrected chi connectivity index (χ1v) is 8.15. The van der Waals surface area contributed by atoms with Crippen molar-refractivity contribution in [2.75, 3.05) is 0 Å². The zero-order valence-corrected chi connectivity index (χ0v) is 17.5. The summed E-state index contributed by atoms with van der Waals surface area (Å²) in [5.41, 5.74) is 5.63. The van der Waals surface area contributed by atoms with E-state index in [2.05, 4.69) is 101 Å². The van der Waals surface area contributed by atoms with Crippen LogP contribution in [0.3, 0.4) is 0 Å². The summed E-state index contributed by atoms with van der Waals surface area (Å²) >= 11 is 2.26. The van der Waals surface area contributed by atoms with Crippen molar-refractivity contribution in [2.45, 2.75) is 25.7 Å². The second-order valence-corrected chi connectivity index (χ2v) is 6.58. The van der Waals surface area contributed by atoms with E-state index in [-0.39, 0.29) is 42.6 Å². The fourth-order valence-electron chi connectivity index (χ4n) is 3.21. The Morgan fingerprint density at radius 1 is 0.792 bits per heavy atom. The summed E-state index contributed by atoms with van der Waals surface area (Å²) in [6.45, 7) is 4.58. The van der Waals surface area contributed by atoms with Gasteiger partial charge in [0.2, 0.25) is 0 Å². The van der Waals surface area contributed by atoms with E-state index in [4.69, 9.17) is 0 Å². The van der Waals surface area contributed by atoms with Crippen molar-refractivity contribution in [1.82, 2.24) is 0 Å². The molecule has 0 unspecified atom stereocenters. The van der Waals surface area contributed by atoms with Gasteiger partial charge < -0.3 is 37.2 Å². The van der Waals surface area contributed by atoms with Gasteiger partial charge in [-0.25, -0.2) is 0 Å². The van der Waals surface area contributed by atoms with Crippen LogP contribution in [0.2, 0.25) is 0 Å². The van der Waals surface area contributed by atoms with Crippen LogP contribution in [0.15, 0.2) is 81.8 Å². The van der Waals surface area contributed by atoms with Crippen molar-refractivity contribution in [2.24, 2.45) is 0 Å². The maximum atomic E-state index is 2.36. The predicted molar refractivity (Wildman–Crippen MR) is 84.7 cm³/mol. The summed E-state index contributed by atoms with van der Waals surface area (Å²) < 4.78 is 1.45. The van der Waals surface area contributed by atoms with E-state index in [1.807, 2.05) is 0 Å². The Morgan fingerprint density at radius 3 is 1.54 bits per heavy atom. The molecule has 0 nitrogen and oxygen atoms in total. The summed E-state index contributed by atoms with van der Waals surface area (Å²) in [6.07, 6.45) is 3.41. The van der Waals surface area contributed by atoms with Crippen LogP contribution in [0, 0.1) is 0 Å². The molecule has 2 aromatic carbocycles. The number of halogens is 3. The van der Waals surface area contributed by atoms with E-state index in [1.165, 1.54) is 26.2 Å². The average Bonchev–Trinajstić information content (AvgIpc) is 2.88. The molecule has 1 aliphatic carbocycles. The van der Waals surface area contributed by atoms with Crippen molar-refractivity contribution >= 4 is 0 Å². The van der Waals surface area contributed by atoms with Crippen LogP contribution in [-0.4, -0.2) is 0 Å². The van der Waals surface area contributed by atoms with Gasteiger partial charge in [0.1, 0.15) is 0 Å². The standard InChI is InChI=1S/C20H19.3ClH.Ti/c1-16-13-14-19(15-16)20(2,17-9-5-3-6-10-17)18-11-7-4-8-12-18;;;;/h3-13H,14H2,1-2H3;3*1H;/q;;;;+3/p-3. The molecule has 0 heterocycles. The number of hydrogen-bond acceptors (Lipinski definition) is 0. The Kier molecular flexibility index (Phi) is 9.65. The summed E-state index contributed by atoms with van der Waals surface area (Å²) in [4.78, 5) is 0.